The van der Waals surface area contributed by atoms with Gasteiger partial charge in [-0.15, -0.1) is 0 Å². The number of ketones is 1. The molecular weight excluding hydrogens is 374 g/mol. The molecule has 4 aromatic rings. The molecular formula is C26H21NO3. The van der Waals surface area contributed by atoms with Crippen LogP contribution in [-0.2, 0) is 0 Å². The van der Waals surface area contributed by atoms with Crippen LogP contribution in [0.15, 0.2) is 84.9 Å². The van der Waals surface area contributed by atoms with Gasteiger partial charge in [0, 0.05) is 16.5 Å². The van der Waals surface area contributed by atoms with Crippen molar-refractivity contribution in [2.24, 2.45) is 0 Å². The van der Waals surface area contributed by atoms with E-state index >= 15 is 0 Å². The number of aromatic nitrogens is 1. The summed E-state index contributed by atoms with van der Waals surface area (Å²) in [6.45, 7) is 0. The van der Waals surface area contributed by atoms with Crippen LogP contribution < -0.4 is 9.47 Å². The number of fused-ring (bicyclic) bond motifs is 1. The number of carbonyl (C=O) groups excluding carboxylic acids is 1. The quantitative estimate of drug-likeness (QED) is 0.305. The highest BCUT2D eigenvalue weighted by molar-refractivity contribution is 6.07. The van der Waals surface area contributed by atoms with Crippen LogP contribution in [0.25, 0.3) is 28.1 Å². The predicted molar refractivity (Wildman–Crippen MR) is 120 cm³/mol. The highest BCUT2D eigenvalue weighted by Crippen LogP contribution is 2.29. The molecule has 0 aliphatic rings. The fourth-order valence-corrected chi connectivity index (χ4v) is 3.27. The van der Waals surface area contributed by atoms with Crippen molar-refractivity contribution < 1.29 is 14.3 Å². The van der Waals surface area contributed by atoms with Crippen molar-refractivity contribution >= 4 is 22.8 Å². The standard InChI is InChI=1S/C26H21NO3/c1-29-21-11-7-18(8-12-21)23-17-20-5-3-4-6-24(20)27-25(23)15-16-26(28)19-9-13-22(30-2)14-10-19/h3-17H,1-2H3/b16-15+. The van der Waals surface area contributed by atoms with Crippen LogP contribution >= 0.6 is 0 Å². The summed E-state index contributed by atoms with van der Waals surface area (Å²) in [6, 6.07) is 24.9. The summed E-state index contributed by atoms with van der Waals surface area (Å²) in [6.07, 6.45) is 3.34. The number of para-hydroxylation sites is 1. The Hall–Kier alpha value is -3.92. The molecule has 0 spiro atoms. The largest absolute Gasteiger partial charge is 0.497 e. The maximum absolute atomic E-state index is 12.6. The number of pyridine rings is 1. The summed E-state index contributed by atoms with van der Waals surface area (Å²) >= 11 is 0. The van der Waals surface area contributed by atoms with Gasteiger partial charge in [-0.2, -0.15) is 0 Å². The summed E-state index contributed by atoms with van der Waals surface area (Å²) in [5, 5.41) is 1.04. The number of allylic oxidation sites excluding steroid dienone is 1. The number of nitrogens with zero attached hydrogens (tertiary/aromatic N) is 1. The topological polar surface area (TPSA) is 48.4 Å². The molecule has 4 rings (SSSR count). The fourth-order valence-electron chi connectivity index (χ4n) is 3.27. The number of benzene rings is 3. The number of ether oxygens (including phenoxy) is 2. The van der Waals surface area contributed by atoms with Gasteiger partial charge in [0.1, 0.15) is 11.5 Å². The molecule has 1 heterocycles. The number of hydrogen-bond donors (Lipinski definition) is 0. The zero-order chi connectivity index (χ0) is 20.9. The third kappa shape index (κ3) is 4.08. The Morgan fingerprint density at radius 3 is 2.13 bits per heavy atom. The van der Waals surface area contributed by atoms with Crippen molar-refractivity contribution in [3.63, 3.8) is 0 Å². The molecule has 0 fully saturated rings. The Morgan fingerprint density at radius 2 is 1.47 bits per heavy atom. The second-order valence-corrected chi connectivity index (χ2v) is 6.77. The number of methoxy groups -OCH3 is 2. The van der Waals surface area contributed by atoms with Gasteiger partial charge in [0.05, 0.1) is 25.4 Å². The van der Waals surface area contributed by atoms with Crippen LogP contribution in [-0.4, -0.2) is 25.0 Å². The molecule has 0 saturated heterocycles. The van der Waals surface area contributed by atoms with E-state index < -0.39 is 0 Å². The first-order chi connectivity index (χ1) is 14.7. The van der Waals surface area contributed by atoms with Crippen LogP contribution in [0.3, 0.4) is 0 Å². The lowest BCUT2D eigenvalue weighted by Crippen LogP contribution is -1.95. The highest BCUT2D eigenvalue weighted by atomic mass is 16.5. The highest BCUT2D eigenvalue weighted by Gasteiger charge is 2.09. The average molecular weight is 395 g/mol. The van der Waals surface area contributed by atoms with Gasteiger partial charge in [-0.3, -0.25) is 4.79 Å². The van der Waals surface area contributed by atoms with Crippen molar-refractivity contribution in [3.8, 4) is 22.6 Å². The zero-order valence-electron chi connectivity index (χ0n) is 16.8. The van der Waals surface area contributed by atoms with Crippen LogP contribution in [0, 0.1) is 0 Å². The SMILES string of the molecule is COc1ccc(C(=O)/C=C/c2nc3ccccc3cc2-c2ccc(OC)cc2)cc1. The van der Waals surface area contributed by atoms with Crippen LogP contribution in [0.1, 0.15) is 16.1 Å². The molecule has 30 heavy (non-hydrogen) atoms. The van der Waals surface area contributed by atoms with Gasteiger partial charge >= 0.3 is 0 Å². The van der Waals surface area contributed by atoms with Crippen molar-refractivity contribution in [3.05, 3.63) is 96.2 Å². The summed E-state index contributed by atoms with van der Waals surface area (Å²) in [7, 11) is 3.24. The Labute approximate surface area is 175 Å². The van der Waals surface area contributed by atoms with Gasteiger partial charge < -0.3 is 9.47 Å². The molecule has 0 amide bonds. The van der Waals surface area contributed by atoms with E-state index in [1.807, 2.05) is 48.5 Å². The Kier molecular flexibility index (Phi) is 5.57. The van der Waals surface area contributed by atoms with E-state index in [-0.39, 0.29) is 5.78 Å². The average Bonchev–Trinajstić information content (AvgIpc) is 2.82. The molecule has 0 aliphatic heterocycles. The van der Waals surface area contributed by atoms with Gasteiger partial charge in [-0.05, 0) is 66.2 Å². The summed E-state index contributed by atoms with van der Waals surface area (Å²) in [4.78, 5) is 17.4. The van der Waals surface area contributed by atoms with Crippen molar-refractivity contribution in [2.45, 2.75) is 0 Å². The third-order valence-electron chi connectivity index (χ3n) is 4.92. The first kappa shape index (κ1) is 19.4. The first-order valence-corrected chi connectivity index (χ1v) is 9.58. The monoisotopic (exact) mass is 395 g/mol. The first-order valence-electron chi connectivity index (χ1n) is 9.58. The Balaban J connectivity index is 1.73. The van der Waals surface area contributed by atoms with Gasteiger partial charge in [0.25, 0.3) is 0 Å². The van der Waals surface area contributed by atoms with Crippen molar-refractivity contribution in [2.75, 3.05) is 14.2 Å². The van der Waals surface area contributed by atoms with E-state index in [9.17, 15) is 4.79 Å². The van der Waals surface area contributed by atoms with Crippen molar-refractivity contribution in [1.82, 2.24) is 4.98 Å². The van der Waals surface area contributed by atoms with E-state index in [2.05, 4.69) is 6.07 Å². The van der Waals surface area contributed by atoms with E-state index in [4.69, 9.17) is 14.5 Å². The van der Waals surface area contributed by atoms with Crippen LogP contribution in [0.2, 0.25) is 0 Å². The molecule has 4 heteroatoms. The minimum Gasteiger partial charge on any atom is -0.497 e. The molecule has 0 saturated carbocycles. The maximum atomic E-state index is 12.6. The summed E-state index contributed by atoms with van der Waals surface area (Å²) < 4.78 is 10.4. The van der Waals surface area contributed by atoms with E-state index in [1.54, 1.807) is 50.6 Å². The molecule has 0 N–H and O–H groups in total. The molecule has 148 valence electrons. The van der Waals surface area contributed by atoms with Crippen LogP contribution in [0.4, 0.5) is 0 Å². The van der Waals surface area contributed by atoms with E-state index in [1.165, 1.54) is 0 Å². The minimum absolute atomic E-state index is 0.0895. The minimum atomic E-state index is -0.0895. The molecule has 3 aromatic carbocycles. The van der Waals surface area contributed by atoms with Gasteiger partial charge in [0.15, 0.2) is 5.78 Å². The number of carbonyl (C=O) groups is 1. The molecule has 0 aliphatic carbocycles. The van der Waals surface area contributed by atoms with Crippen LogP contribution in [0.5, 0.6) is 11.5 Å². The molecule has 1 aromatic heterocycles. The molecule has 0 bridgehead atoms. The normalized spacial score (nSPS) is 11.0. The van der Waals surface area contributed by atoms with Gasteiger partial charge in [0.2, 0.25) is 0 Å². The fraction of sp³-hybridized carbons (Fsp3) is 0.0769. The van der Waals surface area contributed by atoms with Gasteiger partial charge in [-0.1, -0.05) is 30.3 Å². The van der Waals surface area contributed by atoms with E-state index in [0.29, 0.717) is 11.3 Å². The maximum Gasteiger partial charge on any atom is 0.185 e. The second kappa shape index (κ2) is 8.62. The lowest BCUT2D eigenvalue weighted by Gasteiger charge is -2.09. The summed E-state index contributed by atoms with van der Waals surface area (Å²) in [5.41, 5.74) is 4.17. The molecule has 0 unspecified atom stereocenters. The lowest BCUT2D eigenvalue weighted by atomic mass is 10.0. The number of hydrogen-bond acceptors (Lipinski definition) is 4. The van der Waals surface area contributed by atoms with E-state index in [0.717, 1.165) is 33.5 Å². The molecule has 4 nitrogen and oxygen atoms in total. The number of rotatable bonds is 6. The second-order valence-electron chi connectivity index (χ2n) is 6.77. The lowest BCUT2D eigenvalue weighted by molar-refractivity contribution is 0.104. The summed E-state index contributed by atoms with van der Waals surface area (Å²) in [5.74, 6) is 1.42. The molecule has 0 radical (unpaired) electrons. The zero-order valence-corrected chi connectivity index (χ0v) is 16.8. The van der Waals surface area contributed by atoms with Crippen molar-refractivity contribution in [1.29, 1.82) is 0 Å². The Morgan fingerprint density at radius 1 is 0.833 bits per heavy atom. The predicted octanol–water partition coefficient (Wildman–Crippen LogP) is 5.82. The smallest absolute Gasteiger partial charge is 0.185 e. The molecule has 0 atom stereocenters. The third-order valence-corrected chi connectivity index (χ3v) is 4.92. The Bertz CT molecular complexity index is 1210. The van der Waals surface area contributed by atoms with Gasteiger partial charge in [-0.25, -0.2) is 4.98 Å².